The molecule has 0 aliphatic heterocycles. The van der Waals surface area contributed by atoms with Gasteiger partial charge in [-0.05, 0) is 0 Å². The van der Waals surface area contributed by atoms with Crippen LogP contribution in [0.1, 0.15) is 0 Å². The largest absolute Gasteiger partial charge is 0.468 e. The highest BCUT2D eigenvalue weighted by Gasteiger charge is 2.24. The fourth-order valence-corrected chi connectivity index (χ4v) is 2.78. The molecule has 1 aromatic heterocycles. The van der Waals surface area contributed by atoms with Crippen molar-refractivity contribution in [2.45, 2.75) is 4.34 Å². The maximum atomic E-state index is 11.5. The molecule has 1 rings (SSSR count). The summed E-state index contributed by atoms with van der Waals surface area (Å²) in [5.41, 5.74) is 0. The Balaban J connectivity index is 2.91. The van der Waals surface area contributed by atoms with Crippen LogP contribution < -0.4 is 5.32 Å². The van der Waals surface area contributed by atoms with Gasteiger partial charge in [-0.3, -0.25) is 4.79 Å². The summed E-state index contributed by atoms with van der Waals surface area (Å²) in [6, 6.07) is 0. The van der Waals surface area contributed by atoms with Crippen molar-refractivity contribution < 1.29 is 17.9 Å². The van der Waals surface area contributed by atoms with Gasteiger partial charge in [-0.2, -0.15) is 0 Å². The molecule has 0 aliphatic rings. The van der Waals surface area contributed by atoms with E-state index in [0.717, 1.165) is 18.4 Å². The molecule has 84 valence electrons. The number of methoxy groups -OCH3 is 1. The van der Waals surface area contributed by atoms with Crippen LogP contribution in [0.4, 0.5) is 5.13 Å². The average Bonchev–Trinajstić information content (AvgIpc) is 2.65. The molecule has 0 spiro atoms. The number of esters is 1. The van der Waals surface area contributed by atoms with Crippen LogP contribution in [0.25, 0.3) is 0 Å². The van der Waals surface area contributed by atoms with Crippen LogP contribution in [0.5, 0.6) is 0 Å². The number of aromatic nitrogens is 2. The van der Waals surface area contributed by atoms with Gasteiger partial charge in [0.2, 0.25) is 19.3 Å². The third-order valence-corrected chi connectivity index (χ3v) is 4.40. The van der Waals surface area contributed by atoms with Crippen LogP contribution in [-0.4, -0.2) is 44.5 Å². The highest BCUT2D eigenvalue weighted by atomic mass is 32.2. The second kappa shape index (κ2) is 4.53. The Morgan fingerprint density at radius 1 is 1.53 bits per heavy atom. The molecule has 15 heavy (non-hydrogen) atoms. The van der Waals surface area contributed by atoms with Gasteiger partial charge in [0.15, 0.2) is 5.75 Å². The smallest absolute Gasteiger partial charge is 0.321 e. The fourth-order valence-electron chi connectivity index (χ4n) is 0.712. The number of rotatable bonds is 4. The van der Waals surface area contributed by atoms with Crippen molar-refractivity contribution in [2.75, 3.05) is 25.2 Å². The van der Waals surface area contributed by atoms with Gasteiger partial charge in [0, 0.05) is 7.05 Å². The van der Waals surface area contributed by atoms with Gasteiger partial charge in [0.25, 0.3) is 0 Å². The average molecular weight is 251 g/mol. The summed E-state index contributed by atoms with van der Waals surface area (Å²) in [4.78, 5) is 10.8. The van der Waals surface area contributed by atoms with Crippen LogP contribution in [-0.2, 0) is 19.4 Å². The Morgan fingerprint density at radius 2 is 2.20 bits per heavy atom. The Hall–Kier alpha value is -1.22. The Kier molecular flexibility index (Phi) is 3.58. The van der Waals surface area contributed by atoms with Crippen molar-refractivity contribution in [2.24, 2.45) is 0 Å². The molecule has 0 atom stereocenters. The van der Waals surface area contributed by atoms with E-state index < -0.39 is 21.6 Å². The third kappa shape index (κ3) is 2.86. The Labute approximate surface area is 90.4 Å². The standard InChI is InChI=1S/C6H9N3O4S2/c1-7-5-8-9-6(14-5)15(11,12)3-4(10)13-2/h3H2,1-2H3,(H,7,8). The molecule has 0 unspecified atom stereocenters. The molecule has 7 nitrogen and oxygen atoms in total. The second-order valence-corrected chi connectivity index (χ2v) is 5.60. The van der Waals surface area contributed by atoms with E-state index in [1.54, 1.807) is 7.05 Å². The van der Waals surface area contributed by atoms with Crippen molar-refractivity contribution in [3.63, 3.8) is 0 Å². The number of sulfone groups is 1. The maximum Gasteiger partial charge on any atom is 0.321 e. The second-order valence-electron chi connectivity index (χ2n) is 2.46. The summed E-state index contributed by atoms with van der Waals surface area (Å²) < 4.78 is 27.1. The van der Waals surface area contributed by atoms with E-state index >= 15 is 0 Å². The number of nitrogens with one attached hydrogen (secondary N) is 1. The molecule has 0 radical (unpaired) electrons. The van der Waals surface area contributed by atoms with Gasteiger partial charge < -0.3 is 10.1 Å². The molecular formula is C6H9N3O4S2. The van der Waals surface area contributed by atoms with Crippen LogP contribution >= 0.6 is 11.3 Å². The number of nitrogens with zero attached hydrogens (tertiary/aromatic N) is 2. The first kappa shape index (κ1) is 11.9. The maximum absolute atomic E-state index is 11.5. The number of hydrogen-bond donors (Lipinski definition) is 1. The molecule has 0 saturated heterocycles. The zero-order valence-electron chi connectivity index (χ0n) is 8.05. The van der Waals surface area contributed by atoms with E-state index in [4.69, 9.17) is 0 Å². The first-order valence-corrected chi connectivity index (χ1v) is 6.27. The zero-order chi connectivity index (χ0) is 11.5. The van der Waals surface area contributed by atoms with Crippen molar-refractivity contribution in [1.82, 2.24) is 10.2 Å². The van der Waals surface area contributed by atoms with Crippen molar-refractivity contribution in [1.29, 1.82) is 0 Å². The lowest BCUT2D eigenvalue weighted by atomic mass is 10.8. The van der Waals surface area contributed by atoms with Gasteiger partial charge in [-0.25, -0.2) is 8.42 Å². The minimum Gasteiger partial charge on any atom is -0.468 e. The van der Waals surface area contributed by atoms with Crippen molar-refractivity contribution in [3.05, 3.63) is 0 Å². The van der Waals surface area contributed by atoms with Crippen LogP contribution in [0.15, 0.2) is 4.34 Å². The SMILES string of the molecule is CNc1nnc(S(=O)(=O)CC(=O)OC)s1. The zero-order valence-corrected chi connectivity index (χ0v) is 9.68. The molecule has 0 aliphatic carbocycles. The highest BCUT2D eigenvalue weighted by molar-refractivity contribution is 7.94. The lowest BCUT2D eigenvalue weighted by Crippen LogP contribution is -2.17. The topological polar surface area (TPSA) is 98.3 Å². The molecule has 0 saturated carbocycles. The Bertz CT molecular complexity index is 453. The van der Waals surface area contributed by atoms with Crippen molar-refractivity contribution in [3.8, 4) is 0 Å². The quantitative estimate of drug-likeness (QED) is 0.722. The fraction of sp³-hybridized carbons (Fsp3) is 0.500. The summed E-state index contributed by atoms with van der Waals surface area (Å²) >= 11 is 0.863. The molecule has 0 bridgehead atoms. The van der Waals surface area contributed by atoms with Crippen LogP contribution in [0, 0.1) is 0 Å². The number of carbonyl (C=O) groups is 1. The summed E-state index contributed by atoms with van der Waals surface area (Å²) in [7, 11) is -1.01. The summed E-state index contributed by atoms with van der Waals surface area (Å²) in [6.45, 7) is 0. The first-order chi connectivity index (χ1) is 6.99. The van der Waals surface area contributed by atoms with E-state index in [1.165, 1.54) is 0 Å². The lowest BCUT2D eigenvalue weighted by Gasteiger charge is -1.97. The van der Waals surface area contributed by atoms with E-state index in [0.29, 0.717) is 5.13 Å². The van der Waals surface area contributed by atoms with Crippen LogP contribution in [0.2, 0.25) is 0 Å². The number of carbonyl (C=O) groups excluding carboxylic acids is 1. The minimum absolute atomic E-state index is 0.197. The molecule has 0 fully saturated rings. The van der Waals surface area contributed by atoms with E-state index in [1.807, 2.05) is 0 Å². The predicted molar refractivity (Wildman–Crippen MR) is 53.5 cm³/mol. The lowest BCUT2D eigenvalue weighted by molar-refractivity contribution is -0.137. The van der Waals surface area contributed by atoms with Crippen molar-refractivity contribution >= 4 is 32.3 Å². The molecule has 9 heteroatoms. The number of hydrogen-bond acceptors (Lipinski definition) is 8. The molecule has 1 aromatic rings. The molecular weight excluding hydrogens is 242 g/mol. The molecule has 1 N–H and O–H groups in total. The third-order valence-electron chi connectivity index (χ3n) is 1.42. The van der Waals surface area contributed by atoms with E-state index in [2.05, 4.69) is 20.3 Å². The highest BCUT2D eigenvalue weighted by Crippen LogP contribution is 2.20. The minimum atomic E-state index is -3.73. The van der Waals surface area contributed by atoms with Crippen LogP contribution in [0.3, 0.4) is 0 Å². The molecule has 0 amide bonds. The normalized spacial score (nSPS) is 11.1. The molecule has 1 heterocycles. The molecule has 0 aromatic carbocycles. The van der Waals surface area contributed by atoms with E-state index in [9.17, 15) is 13.2 Å². The van der Waals surface area contributed by atoms with E-state index in [-0.39, 0.29) is 4.34 Å². The summed E-state index contributed by atoms with van der Waals surface area (Å²) in [6.07, 6.45) is 0. The Morgan fingerprint density at radius 3 is 2.67 bits per heavy atom. The van der Waals surface area contributed by atoms with Gasteiger partial charge in [0.05, 0.1) is 7.11 Å². The monoisotopic (exact) mass is 251 g/mol. The van der Waals surface area contributed by atoms with Gasteiger partial charge >= 0.3 is 5.97 Å². The van der Waals surface area contributed by atoms with Gasteiger partial charge in [-0.15, -0.1) is 10.2 Å². The number of ether oxygens (including phenoxy) is 1. The number of anilines is 1. The summed E-state index contributed by atoms with van der Waals surface area (Å²) in [5, 5.41) is 10.0. The summed E-state index contributed by atoms with van der Waals surface area (Å²) in [5.74, 6) is -1.54. The van der Waals surface area contributed by atoms with Gasteiger partial charge in [-0.1, -0.05) is 11.3 Å². The predicted octanol–water partition coefficient (Wildman–Crippen LogP) is -0.474. The van der Waals surface area contributed by atoms with Gasteiger partial charge in [0.1, 0.15) is 0 Å². The first-order valence-electron chi connectivity index (χ1n) is 3.80.